The predicted molar refractivity (Wildman–Crippen MR) is 80.2 cm³/mol. The number of nitrogens with zero attached hydrogens (tertiary/aromatic N) is 1. The normalized spacial score (nSPS) is 10.2. The molecule has 1 N–H and O–H groups in total. The second-order valence-electron chi connectivity index (χ2n) is 4.95. The molecule has 21 heavy (non-hydrogen) atoms. The summed E-state index contributed by atoms with van der Waals surface area (Å²) in [6.07, 6.45) is 0. The Labute approximate surface area is 122 Å². The SMILES string of the molecule is Cc1ccc(CNC(=O)c2ccc(C)cc2[N+](=O)[O-])cc1. The zero-order chi connectivity index (χ0) is 15.4. The molecule has 0 fully saturated rings. The highest BCUT2D eigenvalue weighted by Crippen LogP contribution is 2.20. The van der Waals surface area contributed by atoms with Crippen LogP contribution < -0.4 is 5.32 Å². The Morgan fingerprint density at radius 1 is 1.10 bits per heavy atom. The van der Waals surface area contributed by atoms with Gasteiger partial charge in [0.1, 0.15) is 5.56 Å². The van der Waals surface area contributed by atoms with Gasteiger partial charge in [0.05, 0.1) is 4.92 Å². The molecule has 2 aromatic carbocycles. The molecule has 0 saturated carbocycles. The van der Waals surface area contributed by atoms with Crippen LogP contribution in [0.5, 0.6) is 0 Å². The van der Waals surface area contributed by atoms with Crippen LogP contribution >= 0.6 is 0 Å². The number of carbonyl (C=O) groups excluding carboxylic acids is 1. The number of amides is 1. The Morgan fingerprint density at radius 2 is 1.71 bits per heavy atom. The van der Waals surface area contributed by atoms with Crippen molar-refractivity contribution < 1.29 is 9.72 Å². The molecule has 2 rings (SSSR count). The van der Waals surface area contributed by atoms with Crippen LogP contribution in [0.1, 0.15) is 27.0 Å². The van der Waals surface area contributed by atoms with Gasteiger partial charge in [-0.15, -0.1) is 0 Å². The molecule has 0 aliphatic rings. The van der Waals surface area contributed by atoms with Gasteiger partial charge in [-0.3, -0.25) is 14.9 Å². The van der Waals surface area contributed by atoms with Gasteiger partial charge in [0.2, 0.25) is 0 Å². The van der Waals surface area contributed by atoms with Crippen molar-refractivity contribution in [3.05, 3.63) is 74.8 Å². The lowest BCUT2D eigenvalue weighted by Crippen LogP contribution is -2.23. The number of hydrogen-bond donors (Lipinski definition) is 1. The summed E-state index contributed by atoms with van der Waals surface area (Å²) in [5.41, 5.74) is 2.74. The molecule has 0 aliphatic carbocycles. The van der Waals surface area contributed by atoms with E-state index in [1.807, 2.05) is 31.2 Å². The zero-order valence-corrected chi connectivity index (χ0v) is 11.9. The molecule has 0 aliphatic heterocycles. The molecule has 0 spiro atoms. The van der Waals surface area contributed by atoms with Crippen molar-refractivity contribution in [3.8, 4) is 0 Å². The van der Waals surface area contributed by atoms with E-state index >= 15 is 0 Å². The Kier molecular flexibility index (Phi) is 4.33. The first kappa shape index (κ1) is 14.7. The third-order valence-corrected chi connectivity index (χ3v) is 3.17. The number of aryl methyl sites for hydroxylation is 2. The summed E-state index contributed by atoms with van der Waals surface area (Å²) < 4.78 is 0. The molecule has 5 heteroatoms. The third kappa shape index (κ3) is 3.66. The highest BCUT2D eigenvalue weighted by atomic mass is 16.6. The summed E-state index contributed by atoms with van der Waals surface area (Å²) in [4.78, 5) is 22.6. The number of nitro benzene ring substituents is 1. The molecule has 0 atom stereocenters. The van der Waals surface area contributed by atoms with Gasteiger partial charge in [0, 0.05) is 12.6 Å². The molecular formula is C16H16N2O3. The second-order valence-corrected chi connectivity index (χ2v) is 4.95. The quantitative estimate of drug-likeness (QED) is 0.692. The average Bonchev–Trinajstić information content (AvgIpc) is 2.46. The molecule has 0 aromatic heterocycles. The maximum Gasteiger partial charge on any atom is 0.282 e. The number of rotatable bonds is 4. The first-order chi connectivity index (χ1) is 9.97. The van der Waals surface area contributed by atoms with Crippen LogP contribution in [0.4, 0.5) is 5.69 Å². The van der Waals surface area contributed by atoms with Crippen LogP contribution in [0, 0.1) is 24.0 Å². The number of benzene rings is 2. The van der Waals surface area contributed by atoms with Crippen molar-refractivity contribution in [2.24, 2.45) is 0 Å². The fourth-order valence-electron chi connectivity index (χ4n) is 1.97. The minimum Gasteiger partial charge on any atom is -0.348 e. The van der Waals surface area contributed by atoms with E-state index in [0.717, 1.165) is 16.7 Å². The molecule has 1 amide bonds. The van der Waals surface area contributed by atoms with Gasteiger partial charge in [-0.1, -0.05) is 35.9 Å². The van der Waals surface area contributed by atoms with Crippen molar-refractivity contribution in [1.82, 2.24) is 5.32 Å². The Morgan fingerprint density at radius 3 is 2.33 bits per heavy atom. The largest absolute Gasteiger partial charge is 0.348 e. The fraction of sp³-hybridized carbons (Fsp3) is 0.188. The van der Waals surface area contributed by atoms with Crippen LogP contribution in [-0.2, 0) is 6.54 Å². The van der Waals surface area contributed by atoms with Gasteiger partial charge in [0.15, 0.2) is 0 Å². The predicted octanol–water partition coefficient (Wildman–Crippen LogP) is 3.14. The Bertz CT molecular complexity index is 678. The van der Waals surface area contributed by atoms with E-state index < -0.39 is 10.8 Å². The average molecular weight is 284 g/mol. The maximum absolute atomic E-state index is 12.1. The van der Waals surface area contributed by atoms with E-state index in [-0.39, 0.29) is 11.3 Å². The Balaban J connectivity index is 2.13. The lowest BCUT2D eigenvalue weighted by atomic mass is 10.1. The molecule has 0 radical (unpaired) electrons. The van der Waals surface area contributed by atoms with Crippen LogP contribution in [0.3, 0.4) is 0 Å². The van der Waals surface area contributed by atoms with Gasteiger partial charge < -0.3 is 5.32 Å². The monoisotopic (exact) mass is 284 g/mol. The second kappa shape index (κ2) is 6.17. The molecule has 0 unspecified atom stereocenters. The van der Waals surface area contributed by atoms with Gasteiger partial charge >= 0.3 is 0 Å². The summed E-state index contributed by atoms with van der Waals surface area (Å²) >= 11 is 0. The van der Waals surface area contributed by atoms with Gasteiger partial charge in [0.25, 0.3) is 11.6 Å². The first-order valence-corrected chi connectivity index (χ1v) is 6.56. The Hall–Kier alpha value is -2.69. The van der Waals surface area contributed by atoms with Crippen molar-refractivity contribution in [1.29, 1.82) is 0 Å². The van der Waals surface area contributed by atoms with E-state index in [1.54, 1.807) is 13.0 Å². The van der Waals surface area contributed by atoms with Crippen LogP contribution in [0.2, 0.25) is 0 Å². The van der Waals surface area contributed by atoms with E-state index in [0.29, 0.717) is 6.54 Å². The lowest BCUT2D eigenvalue weighted by Gasteiger charge is -2.07. The molecular weight excluding hydrogens is 268 g/mol. The summed E-state index contributed by atoms with van der Waals surface area (Å²) in [5, 5.41) is 13.7. The molecule has 0 heterocycles. The highest BCUT2D eigenvalue weighted by Gasteiger charge is 2.19. The third-order valence-electron chi connectivity index (χ3n) is 3.17. The summed E-state index contributed by atoms with van der Waals surface area (Å²) in [7, 11) is 0. The molecule has 0 saturated heterocycles. The van der Waals surface area contributed by atoms with Gasteiger partial charge in [-0.2, -0.15) is 0 Å². The lowest BCUT2D eigenvalue weighted by molar-refractivity contribution is -0.385. The number of carbonyl (C=O) groups is 1. The summed E-state index contributed by atoms with van der Waals surface area (Å²) in [5.74, 6) is -0.442. The van der Waals surface area contributed by atoms with Crippen molar-refractivity contribution in [3.63, 3.8) is 0 Å². The van der Waals surface area contributed by atoms with E-state index in [1.165, 1.54) is 12.1 Å². The standard InChI is InChI=1S/C16H16N2O3/c1-11-3-6-13(7-4-11)10-17-16(19)14-8-5-12(2)9-15(14)18(20)21/h3-9H,10H2,1-2H3,(H,17,19). The van der Waals surface area contributed by atoms with Gasteiger partial charge in [-0.05, 0) is 31.0 Å². The van der Waals surface area contributed by atoms with Crippen molar-refractivity contribution >= 4 is 11.6 Å². The zero-order valence-electron chi connectivity index (χ0n) is 11.9. The van der Waals surface area contributed by atoms with E-state index in [9.17, 15) is 14.9 Å². The van der Waals surface area contributed by atoms with Crippen LogP contribution in [-0.4, -0.2) is 10.8 Å². The maximum atomic E-state index is 12.1. The molecule has 2 aromatic rings. The molecule has 5 nitrogen and oxygen atoms in total. The number of hydrogen-bond acceptors (Lipinski definition) is 3. The first-order valence-electron chi connectivity index (χ1n) is 6.56. The number of nitro groups is 1. The molecule has 0 bridgehead atoms. The number of nitrogens with one attached hydrogen (secondary N) is 1. The van der Waals surface area contributed by atoms with Crippen LogP contribution in [0.25, 0.3) is 0 Å². The highest BCUT2D eigenvalue weighted by molar-refractivity contribution is 5.98. The fourth-order valence-corrected chi connectivity index (χ4v) is 1.97. The smallest absolute Gasteiger partial charge is 0.282 e. The van der Waals surface area contributed by atoms with E-state index in [2.05, 4.69) is 5.32 Å². The summed E-state index contributed by atoms with van der Waals surface area (Å²) in [6.45, 7) is 4.07. The molecule has 108 valence electrons. The van der Waals surface area contributed by atoms with E-state index in [4.69, 9.17) is 0 Å². The van der Waals surface area contributed by atoms with Crippen LogP contribution in [0.15, 0.2) is 42.5 Å². The minimum atomic E-state index is -0.534. The topological polar surface area (TPSA) is 72.2 Å². The van der Waals surface area contributed by atoms with Gasteiger partial charge in [-0.25, -0.2) is 0 Å². The van der Waals surface area contributed by atoms with Crippen molar-refractivity contribution in [2.45, 2.75) is 20.4 Å². The van der Waals surface area contributed by atoms with Crippen molar-refractivity contribution in [2.75, 3.05) is 0 Å². The minimum absolute atomic E-state index is 0.0812. The summed E-state index contributed by atoms with van der Waals surface area (Å²) in [6, 6.07) is 12.3.